The van der Waals surface area contributed by atoms with E-state index in [4.69, 9.17) is 14.2 Å². The molecule has 0 radical (unpaired) electrons. The topological polar surface area (TPSA) is 78.9 Å². The van der Waals surface area contributed by atoms with Crippen molar-refractivity contribution in [2.45, 2.75) is 348 Å². The third-order valence-corrected chi connectivity index (χ3v) is 13.8. The summed E-state index contributed by atoms with van der Waals surface area (Å²) >= 11 is 0. The van der Waals surface area contributed by atoms with E-state index in [1.165, 1.54) is 238 Å². The van der Waals surface area contributed by atoms with Gasteiger partial charge in [-0.1, -0.05) is 290 Å². The summed E-state index contributed by atoms with van der Waals surface area (Å²) in [5.74, 6) is -0.848. The highest BCUT2D eigenvalue weighted by Crippen LogP contribution is 2.18. The Balaban J connectivity index is 4.30. The Morgan fingerprint density at radius 1 is 0.284 bits per heavy atom. The maximum absolute atomic E-state index is 12.9. The second-order valence-electron chi connectivity index (χ2n) is 20.6. The molecule has 0 heterocycles. The van der Waals surface area contributed by atoms with Crippen LogP contribution in [-0.2, 0) is 28.6 Å². The molecule has 0 unspecified atom stereocenters. The summed E-state index contributed by atoms with van der Waals surface area (Å²) in [4.78, 5) is 38.2. The van der Waals surface area contributed by atoms with Crippen molar-refractivity contribution < 1.29 is 28.6 Å². The van der Waals surface area contributed by atoms with Crippen molar-refractivity contribution in [3.05, 3.63) is 12.2 Å². The third kappa shape index (κ3) is 55.0. The lowest BCUT2D eigenvalue weighted by Gasteiger charge is -2.18. The number of hydrogen-bond acceptors (Lipinski definition) is 6. The van der Waals surface area contributed by atoms with Gasteiger partial charge in [-0.3, -0.25) is 14.4 Å². The Morgan fingerprint density at radius 3 is 0.746 bits per heavy atom. The second kappa shape index (κ2) is 56.7. The molecule has 0 N–H and O–H groups in total. The summed E-state index contributed by atoms with van der Waals surface area (Å²) in [6, 6.07) is 0. The fraction of sp³-hybridized carbons (Fsp3) is 0.918. The van der Waals surface area contributed by atoms with E-state index in [1.807, 2.05) is 0 Å². The molecular weight excluding hydrogens is 829 g/mol. The summed E-state index contributed by atoms with van der Waals surface area (Å²) in [5.41, 5.74) is 0. The van der Waals surface area contributed by atoms with Crippen molar-refractivity contribution in [3.8, 4) is 0 Å². The molecule has 0 aliphatic heterocycles. The first kappa shape index (κ1) is 65.1. The van der Waals surface area contributed by atoms with Gasteiger partial charge >= 0.3 is 17.9 Å². The molecule has 0 aliphatic rings. The van der Waals surface area contributed by atoms with Crippen LogP contribution in [0.2, 0.25) is 0 Å². The summed E-state index contributed by atoms with van der Waals surface area (Å²) in [6.07, 6.45) is 64.9. The Labute approximate surface area is 418 Å². The molecule has 0 rings (SSSR count). The minimum atomic E-state index is -0.768. The molecular formula is C61H116O6. The molecule has 1 atom stereocenters. The van der Waals surface area contributed by atoms with Gasteiger partial charge < -0.3 is 14.2 Å². The van der Waals surface area contributed by atoms with Gasteiger partial charge in [0.05, 0.1) is 0 Å². The molecule has 0 saturated carbocycles. The Bertz CT molecular complexity index is 1040. The SMILES string of the molecule is CCCCCCC/C=C/CCCCCCCC(=O)OC[C@H](COC(=O)CCCCCCCCCCCCCCCCCCCC)OC(=O)CCCCCCCCCCCCCCCCCCC. The van der Waals surface area contributed by atoms with Crippen LogP contribution >= 0.6 is 0 Å². The highest BCUT2D eigenvalue weighted by molar-refractivity contribution is 5.71. The van der Waals surface area contributed by atoms with Crippen LogP contribution in [0.25, 0.3) is 0 Å². The number of unbranched alkanes of at least 4 members (excludes halogenated alkanes) is 43. The van der Waals surface area contributed by atoms with Crippen LogP contribution in [0.1, 0.15) is 342 Å². The van der Waals surface area contributed by atoms with E-state index < -0.39 is 6.10 Å². The zero-order chi connectivity index (χ0) is 48.6. The van der Waals surface area contributed by atoms with Crippen LogP contribution in [0, 0.1) is 0 Å². The molecule has 0 aromatic carbocycles. The average Bonchev–Trinajstić information content (AvgIpc) is 3.33. The van der Waals surface area contributed by atoms with Gasteiger partial charge in [0.25, 0.3) is 0 Å². The van der Waals surface area contributed by atoms with Crippen molar-refractivity contribution in [1.29, 1.82) is 0 Å². The van der Waals surface area contributed by atoms with E-state index in [2.05, 4.69) is 32.9 Å². The van der Waals surface area contributed by atoms with Gasteiger partial charge in [-0.2, -0.15) is 0 Å². The van der Waals surface area contributed by atoms with Crippen molar-refractivity contribution in [1.82, 2.24) is 0 Å². The standard InChI is InChI=1S/C61H116O6/c1-4-7-10-13-16-19-22-25-28-30-32-33-36-39-42-45-48-51-54-60(63)66-57-58(56-65-59(62)53-50-47-44-41-38-35-27-24-21-18-15-12-9-6-3)67-61(64)55-52-49-46-43-40-37-34-31-29-26-23-20-17-14-11-8-5-2/h24,27,58H,4-23,25-26,28-57H2,1-3H3/b27-24+/t58-/m1/s1. The lowest BCUT2D eigenvalue weighted by atomic mass is 10.0. The number of rotatable bonds is 56. The molecule has 396 valence electrons. The van der Waals surface area contributed by atoms with Gasteiger partial charge in [0.1, 0.15) is 13.2 Å². The molecule has 0 bridgehead atoms. The van der Waals surface area contributed by atoms with Crippen molar-refractivity contribution in [3.63, 3.8) is 0 Å². The number of carbonyl (C=O) groups excluding carboxylic acids is 3. The van der Waals surface area contributed by atoms with Crippen LogP contribution in [0.5, 0.6) is 0 Å². The minimum Gasteiger partial charge on any atom is -0.462 e. The molecule has 0 spiro atoms. The summed E-state index contributed by atoms with van der Waals surface area (Å²) in [7, 11) is 0. The van der Waals surface area contributed by atoms with E-state index in [0.717, 1.165) is 64.2 Å². The van der Waals surface area contributed by atoms with Gasteiger partial charge in [0, 0.05) is 19.3 Å². The molecule has 0 aromatic rings. The highest BCUT2D eigenvalue weighted by atomic mass is 16.6. The normalized spacial score (nSPS) is 12.0. The zero-order valence-corrected chi connectivity index (χ0v) is 45.5. The molecule has 0 amide bonds. The van der Waals surface area contributed by atoms with Gasteiger partial charge in [-0.15, -0.1) is 0 Å². The smallest absolute Gasteiger partial charge is 0.306 e. The lowest BCUT2D eigenvalue weighted by molar-refractivity contribution is -0.167. The first-order valence-electron chi connectivity index (χ1n) is 30.2. The predicted molar refractivity (Wildman–Crippen MR) is 289 cm³/mol. The van der Waals surface area contributed by atoms with E-state index in [1.54, 1.807) is 0 Å². The molecule has 67 heavy (non-hydrogen) atoms. The fourth-order valence-electron chi connectivity index (χ4n) is 9.21. The predicted octanol–water partition coefficient (Wildman–Crippen LogP) is 20.1. The molecule has 6 nitrogen and oxygen atoms in total. The van der Waals surface area contributed by atoms with Crippen LogP contribution in [0.4, 0.5) is 0 Å². The zero-order valence-electron chi connectivity index (χ0n) is 45.5. The number of hydrogen-bond donors (Lipinski definition) is 0. The number of allylic oxidation sites excluding steroid dienone is 2. The summed E-state index contributed by atoms with van der Waals surface area (Å²) in [5, 5.41) is 0. The molecule has 6 heteroatoms. The Morgan fingerprint density at radius 2 is 0.493 bits per heavy atom. The van der Waals surface area contributed by atoms with Gasteiger partial charge in [-0.25, -0.2) is 0 Å². The molecule has 0 saturated heterocycles. The van der Waals surface area contributed by atoms with Crippen molar-refractivity contribution in [2.75, 3.05) is 13.2 Å². The van der Waals surface area contributed by atoms with Gasteiger partial charge in [0.2, 0.25) is 0 Å². The monoisotopic (exact) mass is 945 g/mol. The van der Waals surface area contributed by atoms with Crippen LogP contribution < -0.4 is 0 Å². The number of carbonyl (C=O) groups is 3. The van der Waals surface area contributed by atoms with E-state index in [0.29, 0.717) is 19.3 Å². The lowest BCUT2D eigenvalue weighted by Crippen LogP contribution is -2.30. The summed E-state index contributed by atoms with van der Waals surface area (Å²) in [6.45, 7) is 6.69. The molecule has 0 fully saturated rings. The summed E-state index contributed by atoms with van der Waals surface area (Å²) < 4.78 is 16.9. The molecule has 0 aliphatic carbocycles. The number of ether oxygens (including phenoxy) is 3. The van der Waals surface area contributed by atoms with Crippen LogP contribution in [0.3, 0.4) is 0 Å². The maximum atomic E-state index is 12.9. The minimum absolute atomic E-state index is 0.0662. The Hall–Kier alpha value is -1.85. The first-order valence-corrected chi connectivity index (χ1v) is 30.2. The maximum Gasteiger partial charge on any atom is 0.306 e. The quantitative estimate of drug-likeness (QED) is 0.0262. The molecule has 0 aromatic heterocycles. The van der Waals surface area contributed by atoms with Gasteiger partial charge in [0.15, 0.2) is 6.10 Å². The van der Waals surface area contributed by atoms with Crippen LogP contribution in [-0.4, -0.2) is 37.2 Å². The first-order chi connectivity index (χ1) is 33.0. The van der Waals surface area contributed by atoms with Crippen molar-refractivity contribution in [2.24, 2.45) is 0 Å². The Kier molecular flexibility index (Phi) is 55.2. The third-order valence-electron chi connectivity index (χ3n) is 13.8. The average molecular weight is 946 g/mol. The number of esters is 3. The highest BCUT2D eigenvalue weighted by Gasteiger charge is 2.19. The van der Waals surface area contributed by atoms with E-state index in [-0.39, 0.29) is 31.1 Å². The second-order valence-corrected chi connectivity index (χ2v) is 20.6. The van der Waals surface area contributed by atoms with Crippen LogP contribution in [0.15, 0.2) is 12.2 Å². The fourth-order valence-corrected chi connectivity index (χ4v) is 9.21. The van der Waals surface area contributed by atoms with Gasteiger partial charge in [-0.05, 0) is 44.9 Å². The van der Waals surface area contributed by atoms with E-state index in [9.17, 15) is 14.4 Å². The van der Waals surface area contributed by atoms with E-state index >= 15 is 0 Å². The van der Waals surface area contributed by atoms with Crippen molar-refractivity contribution >= 4 is 17.9 Å². The largest absolute Gasteiger partial charge is 0.462 e.